The van der Waals surface area contributed by atoms with Gasteiger partial charge in [0.1, 0.15) is 5.82 Å². The van der Waals surface area contributed by atoms with Crippen LogP contribution >= 0.6 is 15.9 Å². The number of halogens is 2. The fourth-order valence-corrected chi connectivity index (χ4v) is 1.57. The summed E-state index contributed by atoms with van der Waals surface area (Å²) in [6.07, 6.45) is 0.710. The van der Waals surface area contributed by atoms with Crippen LogP contribution in [0.15, 0.2) is 22.7 Å². The van der Waals surface area contributed by atoms with Crippen LogP contribution in [0.1, 0.15) is 25.8 Å². The second-order valence-corrected chi connectivity index (χ2v) is 4.28. The molecule has 1 atom stereocenters. The summed E-state index contributed by atoms with van der Waals surface area (Å²) < 4.78 is 13.4. The van der Waals surface area contributed by atoms with Crippen molar-refractivity contribution in [3.63, 3.8) is 0 Å². The zero-order valence-electron chi connectivity index (χ0n) is 8.14. The second kappa shape index (κ2) is 4.10. The molecule has 1 unspecified atom stereocenters. The number of nitrogens with zero attached hydrogens (tertiary/aromatic N) is 1. The molecule has 0 saturated heterocycles. The highest BCUT2D eigenvalue weighted by Gasteiger charge is 2.24. The van der Waals surface area contributed by atoms with E-state index in [1.165, 1.54) is 6.07 Å². The molecule has 0 aliphatic rings. The molecule has 0 fully saturated rings. The third-order valence-corrected chi connectivity index (χ3v) is 3.12. The molecule has 0 N–H and O–H groups in total. The normalized spacial score (nSPS) is 14.5. The van der Waals surface area contributed by atoms with E-state index in [1.807, 2.05) is 13.8 Å². The van der Waals surface area contributed by atoms with Crippen molar-refractivity contribution in [2.24, 2.45) is 0 Å². The van der Waals surface area contributed by atoms with Crippen molar-refractivity contribution in [3.05, 3.63) is 34.1 Å². The molecule has 0 aromatic heterocycles. The van der Waals surface area contributed by atoms with Gasteiger partial charge >= 0.3 is 0 Å². The fraction of sp³-hybridized carbons (Fsp3) is 0.364. The maximum atomic E-state index is 13.0. The van der Waals surface area contributed by atoms with Gasteiger partial charge in [0.05, 0.1) is 16.0 Å². The summed E-state index contributed by atoms with van der Waals surface area (Å²) in [7, 11) is 0. The predicted octanol–water partition coefficient (Wildman–Crippen LogP) is 3.78. The lowest BCUT2D eigenvalue weighted by molar-refractivity contribution is 0.578. The fourth-order valence-electron chi connectivity index (χ4n) is 1.19. The zero-order valence-corrected chi connectivity index (χ0v) is 9.73. The summed E-state index contributed by atoms with van der Waals surface area (Å²) in [5.74, 6) is -0.301. The van der Waals surface area contributed by atoms with Gasteiger partial charge in [-0.25, -0.2) is 4.39 Å². The molecule has 0 bridgehead atoms. The van der Waals surface area contributed by atoms with Crippen LogP contribution in [-0.2, 0) is 5.41 Å². The number of hydrogen-bond donors (Lipinski definition) is 0. The van der Waals surface area contributed by atoms with Gasteiger partial charge in [0.15, 0.2) is 0 Å². The standard InChI is InChI=1S/C11H11BrFN/c1-3-11(2,7-14)8-4-5-10(13)9(12)6-8/h4-6H,3H2,1-2H3. The molecule has 0 aliphatic carbocycles. The lowest BCUT2D eigenvalue weighted by Gasteiger charge is -2.20. The van der Waals surface area contributed by atoms with Crippen LogP contribution in [0, 0.1) is 17.1 Å². The average molecular weight is 256 g/mol. The van der Waals surface area contributed by atoms with E-state index in [2.05, 4.69) is 22.0 Å². The van der Waals surface area contributed by atoms with Crippen LogP contribution < -0.4 is 0 Å². The van der Waals surface area contributed by atoms with Crippen LogP contribution in [0.5, 0.6) is 0 Å². The monoisotopic (exact) mass is 255 g/mol. The first kappa shape index (κ1) is 11.2. The lowest BCUT2D eigenvalue weighted by Crippen LogP contribution is -2.17. The highest BCUT2D eigenvalue weighted by Crippen LogP contribution is 2.29. The first-order chi connectivity index (χ1) is 6.53. The van der Waals surface area contributed by atoms with Gasteiger partial charge < -0.3 is 0 Å². The molecule has 1 rings (SSSR count). The maximum absolute atomic E-state index is 13.0. The van der Waals surface area contributed by atoms with E-state index in [1.54, 1.807) is 12.1 Å². The first-order valence-electron chi connectivity index (χ1n) is 4.40. The molecule has 74 valence electrons. The van der Waals surface area contributed by atoms with Crippen molar-refractivity contribution in [1.82, 2.24) is 0 Å². The Balaban J connectivity index is 3.21. The molecule has 0 heterocycles. The van der Waals surface area contributed by atoms with Gasteiger partial charge in [0.2, 0.25) is 0 Å². The van der Waals surface area contributed by atoms with E-state index in [-0.39, 0.29) is 5.82 Å². The minimum absolute atomic E-state index is 0.301. The van der Waals surface area contributed by atoms with Crippen LogP contribution in [0.25, 0.3) is 0 Å². The molecular weight excluding hydrogens is 245 g/mol. The molecular formula is C11H11BrFN. The first-order valence-corrected chi connectivity index (χ1v) is 5.19. The zero-order chi connectivity index (χ0) is 10.8. The van der Waals surface area contributed by atoms with E-state index in [4.69, 9.17) is 5.26 Å². The van der Waals surface area contributed by atoms with E-state index < -0.39 is 5.41 Å². The largest absolute Gasteiger partial charge is 0.206 e. The molecule has 0 aliphatic heterocycles. The Morgan fingerprint density at radius 3 is 2.64 bits per heavy atom. The van der Waals surface area contributed by atoms with Crippen molar-refractivity contribution in [3.8, 4) is 6.07 Å². The molecule has 1 aromatic carbocycles. The van der Waals surface area contributed by atoms with Crippen molar-refractivity contribution >= 4 is 15.9 Å². The molecule has 3 heteroatoms. The van der Waals surface area contributed by atoms with Crippen molar-refractivity contribution in [1.29, 1.82) is 5.26 Å². The van der Waals surface area contributed by atoms with E-state index >= 15 is 0 Å². The van der Waals surface area contributed by atoms with Gasteiger partial charge in [-0.15, -0.1) is 0 Å². The Bertz CT molecular complexity index is 383. The molecule has 1 nitrogen and oxygen atoms in total. The minimum atomic E-state index is -0.532. The molecule has 14 heavy (non-hydrogen) atoms. The number of nitriles is 1. The van der Waals surface area contributed by atoms with E-state index in [9.17, 15) is 4.39 Å². The highest BCUT2D eigenvalue weighted by atomic mass is 79.9. The van der Waals surface area contributed by atoms with E-state index in [0.29, 0.717) is 10.9 Å². The van der Waals surface area contributed by atoms with Crippen molar-refractivity contribution in [2.45, 2.75) is 25.7 Å². The predicted molar refractivity (Wildman–Crippen MR) is 57.4 cm³/mol. The van der Waals surface area contributed by atoms with Crippen LogP contribution in [0.3, 0.4) is 0 Å². The Labute approximate surface area is 91.7 Å². The van der Waals surface area contributed by atoms with Crippen LogP contribution in [0.2, 0.25) is 0 Å². The molecule has 0 spiro atoms. The van der Waals surface area contributed by atoms with E-state index in [0.717, 1.165) is 5.56 Å². The smallest absolute Gasteiger partial charge is 0.137 e. The van der Waals surface area contributed by atoms with Gasteiger partial charge in [-0.05, 0) is 47.0 Å². The quantitative estimate of drug-likeness (QED) is 0.789. The molecule has 0 radical (unpaired) electrons. The summed E-state index contributed by atoms with van der Waals surface area (Å²) in [5, 5.41) is 9.04. The van der Waals surface area contributed by atoms with Crippen molar-refractivity contribution < 1.29 is 4.39 Å². The van der Waals surface area contributed by atoms with Crippen LogP contribution in [0.4, 0.5) is 4.39 Å². The molecule has 0 amide bonds. The van der Waals surface area contributed by atoms with Crippen molar-refractivity contribution in [2.75, 3.05) is 0 Å². The van der Waals surface area contributed by atoms with Gasteiger partial charge in [-0.1, -0.05) is 13.0 Å². The number of hydrogen-bond acceptors (Lipinski definition) is 1. The van der Waals surface area contributed by atoms with Gasteiger partial charge in [0.25, 0.3) is 0 Å². The van der Waals surface area contributed by atoms with Gasteiger partial charge in [-0.2, -0.15) is 5.26 Å². The minimum Gasteiger partial charge on any atom is -0.206 e. The third kappa shape index (κ3) is 1.96. The Kier molecular flexibility index (Phi) is 3.28. The summed E-state index contributed by atoms with van der Waals surface area (Å²) in [6.45, 7) is 3.80. The lowest BCUT2D eigenvalue weighted by atomic mass is 9.82. The second-order valence-electron chi connectivity index (χ2n) is 3.43. The topological polar surface area (TPSA) is 23.8 Å². The summed E-state index contributed by atoms with van der Waals surface area (Å²) in [6, 6.07) is 6.96. The Morgan fingerprint density at radius 2 is 2.21 bits per heavy atom. The summed E-state index contributed by atoms with van der Waals surface area (Å²) >= 11 is 3.11. The SMILES string of the molecule is CCC(C)(C#N)c1ccc(F)c(Br)c1. The summed E-state index contributed by atoms with van der Waals surface area (Å²) in [4.78, 5) is 0. The van der Waals surface area contributed by atoms with Gasteiger partial charge in [-0.3, -0.25) is 0 Å². The molecule has 1 aromatic rings. The Hall–Kier alpha value is -0.880. The Morgan fingerprint density at radius 1 is 1.57 bits per heavy atom. The maximum Gasteiger partial charge on any atom is 0.137 e. The summed E-state index contributed by atoms with van der Waals surface area (Å²) in [5.41, 5.74) is 0.312. The number of rotatable bonds is 2. The average Bonchev–Trinajstić information content (AvgIpc) is 2.21. The third-order valence-electron chi connectivity index (χ3n) is 2.51. The van der Waals surface area contributed by atoms with Gasteiger partial charge in [0, 0.05) is 0 Å². The van der Waals surface area contributed by atoms with Crippen LogP contribution in [-0.4, -0.2) is 0 Å². The number of benzene rings is 1. The highest BCUT2D eigenvalue weighted by molar-refractivity contribution is 9.10. The molecule has 0 saturated carbocycles.